The first kappa shape index (κ1) is 13.4. The summed E-state index contributed by atoms with van der Waals surface area (Å²) in [5, 5.41) is 15.1. The minimum absolute atomic E-state index is 0.270. The van der Waals surface area contributed by atoms with Crippen molar-refractivity contribution in [1.29, 1.82) is 0 Å². The Labute approximate surface area is 101 Å². The van der Waals surface area contributed by atoms with Gasteiger partial charge in [-0.3, -0.25) is 0 Å². The zero-order chi connectivity index (χ0) is 12.7. The third-order valence-corrected chi connectivity index (χ3v) is 1.78. The van der Waals surface area contributed by atoms with Gasteiger partial charge in [-0.05, 0) is 20.8 Å². The van der Waals surface area contributed by atoms with Crippen molar-refractivity contribution in [1.82, 2.24) is 15.0 Å². The van der Waals surface area contributed by atoms with Crippen LogP contribution in [0.4, 0.5) is 11.9 Å². The maximum Gasteiger partial charge on any atom is 0.323 e. The number of aliphatic hydroxyl groups is 1. The molecule has 0 spiro atoms. The van der Waals surface area contributed by atoms with E-state index in [1.165, 1.54) is 0 Å². The molecule has 0 saturated carbocycles. The van der Waals surface area contributed by atoms with Gasteiger partial charge in [-0.15, -0.1) is 0 Å². The largest absolute Gasteiger partial charge is 0.464 e. The fraction of sp³-hybridized carbons (Fsp3) is 0.700. The molecule has 0 fully saturated rings. The Hall–Kier alpha value is -1.63. The van der Waals surface area contributed by atoms with Gasteiger partial charge in [0.05, 0.1) is 12.7 Å². The van der Waals surface area contributed by atoms with Crippen LogP contribution in [0.2, 0.25) is 0 Å². The Balaban J connectivity index is 2.79. The second kappa shape index (κ2) is 6.85. The number of hydrogen-bond donors (Lipinski definition) is 3. The van der Waals surface area contributed by atoms with Crippen LogP contribution >= 0.6 is 0 Å². The predicted octanol–water partition coefficient (Wildman–Crippen LogP) is 0.495. The van der Waals surface area contributed by atoms with Crippen LogP contribution in [0.15, 0.2) is 0 Å². The number of aromatic nitrogens is 3. The van der Waals surface area contributed by atoms with Gasteiger partial charge in [0.2, 0.25) is 11.9 Å². The van der Waals surface area contributed by atoms with E-state index < -0.39 is 6.10 Å². The number of ether oxygens (including phenoxy) is 1. The zero-order valence-corrected chi connectivity index (χ0v) is 10.4. The van der Waals surface area contributed by atoms with Gasteiger partial charge in [0.1, 0.15) is 0 Å². The smallest absolute Gasteiger partial charge is 0.323 e. The molecule has 1 rings (SSSR count). The number of nitrogens with zero attached hydrogens (tertiary/aromatic N) is 3. The minimum Gasteiger partial charge on any atom is -0.464 e. The second-order valence-electron chi connectivity index (χ2n) is 3.46. The molecule has 0 aromatic carbocycles. The fourth-order valence-corrected chi connectivity index (χ4v) is 1.11. The van der Waals surface area contributed by atoms with Crippen molar-refractivity contribution in [2.75, 3.05) is 30.3 Å². The number of rotatable bonds is 7. The lowest BCUT2D eigenvalue weighted by atomic mass is 10.4. The lowest BCUT2D eigenvalue weighted by Gasteiger charge is -2.10. The molecule has 7 heteroatoms. The highest BCUT2D eigenvalue weighted by Gasteiger charge is 2.07. The van der Waals surface area contributed by atoms with Gasteiger partial charge in [-0.25, -0.2) is 0 Å². The first-order valence-electron chi connectivity index (χ1n) is 5.70. The Morgan fingerprint density at radius 3 is 2.35 bits per heavy atom. The van der Waals surface area contributed by atoms with Crippen LogP contribution in [-0.4, -0.2) is 45.9 Å². The molecular formula is C10H19N5O2. The van der Waals surface area contributed by atoms with E-state index in [0.29, 0.717) is 31.6 Å². The highest BCUT2D eigenvalue weighted by Crippen LogP contribution is 2.10. The highest BCUT2D eigenvalue weighted by atomic mass is 16.5. The molecular weight excluding hydrogens is 222 g/mol. The van der Waals surface area contributed by atoms with Gasteiger partial charge < -0.3 is 20.5 Å². The van der Waals surface area contributed by atoms with Crippen molar-refractivity contribution in [3.05, 3.63) is 0 Å². The summed E-state index contributed by atoms with van der Waals surface area (Å²) >= 11 is 0. The van der Waals surface area contributed by atoms with E-state index in [0.717, 1.165) is 0 Å². The average Bonchev–Trinajstić information content (AvgIpc) is 2.27. The Morgan fingerprint density at radius 1 is 1.18 bits per heavy atom. The van der Waals surface area contributed by atoms with Crippen LogP contribution in [0, 0.1) is 0 Å². The van der Waals surface area contributed by atoms with Crippen LogP contribution in [0.1, 0.15) is 20.8 Å². The van der Waals surface area contributed by atoms with Gasteiger partial charge in [0, 0.05) is 13.1 Å². The molecule has 0 aliphatic heterocycles. The molecule has 1 aromatic rings. The van der Waals surface area contributed by atoms with E-state index in [4.69, 9.17) is 4.74 Å². The Bertz CT molecular complexity index is 321. The van der Waals surface area contributed by atoms with Crippen LogP contribution in [-0.2, 0) is 0 Å². The number of hydrogen-bond acceptors (Lipinski definition) is 7. The molecule has 7 nitrogen and oxygen atoms in total. The third-order valence-electron chi connectivity index (χ3n) is 1.78. The SMILES string of the molecule is CCNc1nc(NCC(C)O)nc(OCC)n1. The summed E-state index contributed by atoms with van der Waals surface area (Å²) in [7, 11) is 0. The lowest BCUT2D eigenvalue weighted by molar-refractivity contribution is 0.208. The summed E-state index contributed by atoms with van der Waals surface area (Å²) in [5.74, 6) is 0.847. The molecule has 0 aliphatic carbocycles. The Morgan fingerprint density at radius 2 is 1.82 bits per heavy atom. The Kier molecular flexibility index (Phi) is 5.41. The molecule has 1 heterocycles. The summed E-state index contributed by atoms with van der Waals surface area (Å²) in [6, 6.07) is 0.270. The van der Waals surface area contributed by atoms with Crippen molar-refractivity contribution < 1.29 is 9.84 Å². The molecule has 1 unspecified atom stereocenters. The molecule has 3 N–H and O–H groups in total. The van der Waals surface area contributed by atoms with E-state index in [9.17, 15) is 5.11 Å². The third kappa shape index (κ3) is 4.81. The monoisotopic (exact) mass is 241 g/mol. The van der Waals surface area contributed by atoms with E-state index in [1.54, 1.807) is 6.92 Å². The van der Waals surface area contributed by atoms with Gasteiger partial charge in [0.25, 0.3) is 0 Å². The van der Waals surface area contributed by atoms with Crippen molar-refractivity contribution in [2.45, 2.75) is 26.9 Å². The van der Waals surface area contributed by atoms with E-state index in [1.807, 2.05) is 13.8 Å². The highest BCUT2D eigenvalue weighted by molar-refractivity contribution is 5.35. The summed E-state index contributed by atoms with van der Waals surface area (Å²) in [6.07, 6.45) is -0.468. The standard InChI is InChI=1S/C10H19N5O2/c1-4-11-8-13-9(12-6-7(3)16)15-10(14-8)17-5-2/h7,16H,4-6H2,1-3H3,(H2,11,12,13,14,15). The number of aliphatic hydroxyl groups excluding tert-OH is 1. The molecule has 1 atom stereocenters. The molecule has 0 bridgehead atoms. The average molecular weight is 241 g/mol. The van der Waals surface area contributed by atoms with Gasteiger partial charge >= 0.3 is 6.01 Å². The van der Waals surface area contributed by atoms with Crippen LogP contribution in [0.3, 0.4) is 0 Å². The first-order valence-corrected chi connectivity index (χ1v) is 5.70. The first-order chi connectivity index (χ1) is 8.15. The normalized spacial score (nSPS) is 12.0. The maximum atomic E-state index is 9.18. The van der Waals surface area contributed by atoms with Crippen LogP contribution in [0.5, 0.6) is 6.01 Å². The maximum absolute atomic E-state index is 9.18. The topological polar surface area (TPSA) is 92.2 Å². The molecule has 1 aromatic heterocycles. The van der Waals surface area contributed by atoms with Gasteiger partial charge in [-0.2, -0.15) is 15.0 Å². The van der Waals surface area contributed by atoms with E-state index in [2.05, 4.69) is 25.6 Å². The molecule has 0 radical (unpaired) electrons. The summed E-state index contributed by atoms with van der Waals surface area (Å²) in [6.45, 7) is 7.08. The zero-order valence-electron chi connectivity index (χ0n) is 10.4. The van der Waals surface area contributed by atoms with Gasteiger partial charge in [0.15, 0.2) is 0 Å². The number of nitrogens with one attached hydrogen (secondary N) is 2. The molecule has 0 amide bonds. The van der Waals surface area contributed by atoms with E-state index >= 15 is 0 Å². The molecule has 96 valence electrons. The van der Waals surface area contributed by atoms with Crippen LogP contribution < -0.4 is 15.4 Å². The molecule has 0 saturated heterocycles. The van der Waals surface area contributed by atoms with Crippen molar-refractivity contribution in [3.63, 3.8) is 0 Å². The van der Waals surface area contributed by atoms with Crippen molar-refractivity contribution in [3.8, 4) is 6.01 Å². The lowest BCUT2D eigenvalue weighted by Crippen LogP contribution is -2.18. The minimum atomic E-state index is -0.468. The predicted molar refractivity (Wildman–Crippen MR) is 65.3 cm³/mol. The summed E-state index contributed by atoms with van der Waals surface area (Å²) in [4.78, 5) is 12.3. The summed E-state index contributed by atoms with van der Waals surface area (Å²) in [5.41, 5.74) is 0. The summed E-state index contributed by atoms with van der Waals surface area (Å²) < 4.78 is 5.24. The van der Waals surface area contributed by atoms with Crippen LogP contribution in [0.25, 0.3) is 0 Å². The number of anilines is 2. The quantitative estimate of drug-likeness (QED) is 0.640. The molecule has 0 aliphatic rings. The van der Waals surface area contributed by atoms with Crippen molar-refractivity contribution >= 4 is 11.9 Å². The van der Waals surface area contributed by atoms with E-state index in [-0.39, 0.29) is 6.01 Å². The molecule has 17 heavy (non-hydrogen) atoms. The second-order valence-corrected chi connectivity index (χ2v) is 3.46. The fourth-order valence-electron chi connectivity index (χ4n) is 1.11. The van der Waals surface area contributed by atoms with Crippen molar-refractivity contribution in [2.24, 2.45) is 0 Å². The van der Waals surface area contributed by atoms with Gasteiger partial charge in [-0.1, -0.05) is 0 Å².